The highest BCUT2D eigenvalue weighted by atomic mass is 35.5. The largest absolute Gasteiger partial charge is 0.370 e. The monoisotopic (exact) mass is 201 g/mol. The zero-order valence-electron chi connectivity index (χ0n) is 7.19. The second-order valence-electron chi connectivity index (χ2n) is 2.79. The van der Waals surface area contributed by atoms with Gasteiger partial charge in [0, 0.05) is 18.2 Å². The van der Waals surface area contributed by atoms with Gasteiger partial charge in [-0.2, -0.15) is 0 Å². The molecule has 72 valence electrons. The lowest BCUT2D eigenvalue weighted by Gasteiger charge is -1.98. The molecule has 0 amide bonds. The second kappa shape index (κ2) is 4.50. The van der Waals surface area contributed by atoms with E-state index in [9.17, 15) is 0 Å². The zero-order chi connectivity index (χ0) is 8.39. The maximum absolute atomic E-state index is 5.39. The number of fused-ring (bicyclic) bond motifs is 1. The highest BCUT2D eigenvalue weighted by molar-refractivity contribution is 5.85. The van der Waals surface area contributed by atoms with Crippen molar-refractivity contribution in [3.8, 4) is 0 Å². The smallest absolute Gasteiger partial charge is 0.129 e. The average molecular weight is 202 g/mol. The van der Waals surface area contributed by atoms with Crippen LogP contribution in [-0.2, 0) is 24.4 Å². The maximum atomic E-state index is 5.39. The van der Waals surface area contributed by atoms with Crippen molar-refractivity contribution >= 4 is 12.4 Å². The molecule has 0 bridgehead atoms. The van der Waals surface area contributed by atoms with E-state index in [1.54, 1.807) is 0 Å². The lowest BCUT2D eigenvalue weighted by atomic mass is 10.2. The van der Waals surface area contributed by atoms with Crippen LogP contribution in [0, 0.1) is 0 Å². The summed E-state index contributed by atoms with van der Waals surface area (Å²) in [7, 11) is 0. The third-order valence-corrected chi connectivity index (χ3v) is 1.87. The lowest BCUT2D eigenvalue weighted by molar-refractivity contribution is 0.133. The number of nitrogens with zero attached hydrogens (tertiary/aromatic N) is 2. The van der Waals surface area contributed by atoms with Crippen LogP contribution >= 0.6 is 12.4 Å². The van der Waals surface area contributed by atoms with Crippen LogP contribution in [0.1, 0.15) is 17.1 Å². The van der Waals surface area contributed by atoms with Crippen molar-refractivity contribution in [2.24, 2.45) is 5.73 Å². The van der Waals surface area contributed by atoms with Gasteiger partial charge in [-0.3, -0.25) is 0 Å². The molecule has 0 saturated heterocycles. The van der Waals surface area contributed by atoms with E-state index in [0.29, 0.717) is 19.8 Å². The number of rotatable bonds is 2. The molecule has 0 atom stereocenters. The van der Waals surface area contributed by atoms with Gasteiger partial charge in [0.1, 0.15) is 5.82 Å². The van der Waals surface area contributed by atoms with Crippen molar-refractivity contribution in [2.75, 3.05) is 6.54 Å². The first-order chi connectivity index (χ1) is 5.90. The topological polar surface area (TPSA) is 61.0 Å². The Hall–Kier alpha value is -0.710. The van der Waals surface area contributed by atoms with E-state index >= 15 is 0 Å². The number of hydrogen-bond donors (Lipinski definition) is 1. The minimum absolute atomic E-state index is 0. The molecule has 0 spiro atoms. The Morgan fingerprint density at radius 1 is 1.46 bits per heavy atom. The molecule has 0 aliphatic carbocycles. The molecule has 2 N–H and O–H groups in total. The summed E-state index contributed by atoms with van der Waals surface area (Å²) in [6.07, 6.45) is 2.58. The highest BCUT2D eigenvalue weighted by Gasteiger charge is 2.13. The van der Waals surface area contributed by atoms with Crippen molar-refractivity contribution in [2.45, 2.75) is 19.6 Å². The van der Waals surface area contributed by atoms with Crippen LogP contribution in [0.3, 0.4) is 0 Å². The fraction of sp³-hybridized carbons (Fsp3) is 0.500. The second-order valence-corrected chi connectivity index (χ2v) is 2.79. The standard InChI is InChI=1S/C8H11N3O.ClH/c9-2-1-8-10-3-6-4-12-5-7(6)11-8;/h3H,1-2,4-5,9H2;1H. The van der Waals surface area contributed by atoms with Gasteiger partial charge in [0.25, 0.3) is 0 Å². The van der Waals surface area contributed by atoms with Crippen LogP contribution in [-0.4, -0.2) is 16.5 Å². The number of aromatic nitrogens is 2. The zero-order valence-corrected chi connectivity index (χ0v) is 8.01. The lowest BCUT2D eigenvalue weighted by Crippen LogP contribution is -2.07. The molecule has 1 aliphatic heterocycles. The first-order valence-corrected chi connectivity index (χ1v) is 4.01. The van der Waals surface area contributed by atoms with Gasteiger partial charge >= 0.3 is 0 Å². The molecule has 5 heteroatoms. The third kappa shape index (κ3) is 2.15. The Morgan fingerprint density at radius 3 is 3.08 bits per heavy atom. The first-order valence-electron chi connectivity index (χ1n) is 4.01. The molecule has 1 aliphatic rings. The van der Waals surface area contributed by atoms with Gasteiger partial charge in [0.15, 0.2) is 0 Å². The summed E-state index contributed by atoms with van der Waals surface area (Å²) in [5, 5.41) is 0. The molecule has 0 fully saturated rings. The Kier molecular flexibility index (Phi) is 3.59. The summed E-state index contributed by atoms with van der Waals surface area (Å²) in [6, 6.07) is 0. The number of ether oxygens (including phenoxy) is 1. The highest BCUT2D eigenvalue weighted by Crippen LogP contribution is 2.15. The Labute approximate surface area is 82.9 Å². The summed E-state index contributed by atoms with van der Waals surface area (Å²) in [6.45, 7) is 1.87. The van der Waals surface area contributed by atoms with Crippen molar-refractivity contribution in [1.29, 1.82) is 0 Å². The molecule has 2 heterocycles. The minimum atomic E-state index is 0. The van der Waals surface area contributed by atoms with Crippen molar-refractivity contribution < 1.29 is 4.74 Å². The van der Waals surface area contributed by atoms with Crippen LogP contribution in [0.5, 0.6) is 0 Å². The van der Waals surface area contributed by atoms with Crippen LogP contribution in [0.4, 0.5) is 0 Å². The summed E-state index contributed by atoms with van der Waals surface area (Å²) >= 11 is 0. The molecule has 1 aromatic rings. The predicted octanol–water partition coefficient (Wildman–Crippen LogP) is 0.430. The Morgan fingerprint density at radius 2 is 2.31 bits per heavy atom. The summed E-state index contributed by atoms with van der Waals surface area (Å²) < 4.78 is 5.21. The van der Waals surface area contributed by atoms with Gasteiger partial charge in [0.05, 0.1) is 18.9 Å². The van der Waals surface area contributed by atoms with E-state index in [0.717, 1.165) is 23.5 Å². The van der Waals surface area contributed by atoms with Crippen molar-refractivity contribution in [3.63, 3.8) is 0 Å². The van der Waals surface area contributed by atoms with Gasteiger partial charge in [-0.05, 0) is 6.54 Å². The Bertz CT molecular complexity index is 293. The minimum Gasteiger partial charge on any atom is -0.370 e. The number of nitrogens with two attached hydrogens (primary N) is 1. The molecule has 0 radical (unpaired) electrons. The van der Waals surface area contributed by atoms with E-state index in [2.05, 4.69) is 9.97 Å². The van der Waals surface area contributed by atoms with E-state index in [1.165, 1.54) is 0 Å². The quantitative estimate of drug-likeness (QED) is 0.754. The summed E-state index contributed by atoms with van der Waals surface area (Å²) in [4.78, 5) is 8.50. The molecular formula is C8H12ClN3O. The van der Waals surface area contributed by atoms with Gasteiger partial charge < -0.3 is 10.5 Å². The van der Waals surface area contributed by atoms with E-state index in [1.807, 2.05) is 6.20 Å². The predicted molar refractivity (Wildman–Crippen MR) is 50.5 cm³/mol. The molecule has 0 unspecified atom stereocenters. The van der Waals surface area contributed by atoms with Gasteiger partial charge in [-0.15, -0.1) is 12.4 Å². The molecule has 13 heavy (non-hydrogen) atoms. The molecule has 0 aromatic carbocycles. The summed E-state index contributed by atoms with van der Waals surface area (Å²) in [5.41, 5.74) is 7.52. The van der Waals surface area contributed by atoms with Gasteiger partial charge in [-0.25, -0.2) is 9.97 Å². The van der Waals surface area contributed by atoms with E-state index < -0.39 is 0 Å². The van der Waals surface area contributed by atoms with E-state index in [4.69, 9.17) is 10.5 Å². The Balaban J connectivity index is 0.000000845. The van der Waals surface area contributed by atoms with Crippen LogP contribution in [0.15, 0.2) is 6.20 Å². The normalized spacial score (nSPS) is 13.6. The number of halogens is 1. The van der Waals surface area contributed by atoms with Crippen molar-refractivity contribution in [3.05, 3.63) is 23.3 Å². The SMILES string of the molecule is Cl.NCCc1ncc2c(n1)COC2. The van der Waals surface area contributed by atoms with Crippen LogP contribution in [0.2, 0.25) is 0 Å². The van der Waals surface area contributed by atoms with E-state index in [-0.39, 0.29) is 12.4 Å². The van der Waals surface area contributed by atoms with Crippen molar-refractivity contribution in [1.82, 2.24) is 9.97 Å². The fourth-order valence-corrected chi connectivity index (χ4v) is 1.24. The summed E-state index contributed by atoms with van der Waals surface area (Å²) in [5.74, 6) is 0.821. The molecule has 2 rings (SSSR count). The molecule has 4 nitrogen and oxygen atoms in total. The van der Waals surface area contributed by atoms with Gasteiger partial charge in [0.2, 0.25) is 0 Å². The third-order valence-electron chi connectivity index (χ3n) is 1.87. The first kappa shape index (κ1) is 10.4. The van der Waals surface area contributed by atoms with Crippen LogP contribution < -0.4 is 5.73 Å². The van der Waals surface area contributed by atoms with Gasteiger partial charge in [-0.1, -0.05) is 0 Å². The molecular weight excluding hydrogens is 190 g/mol. The average Bonchev–Trinajstić information content (AvgIpc) is 2.51. The number of hydrogen-bond acceptors (Lipinski definition) is 4. The molecule has 1 aromatic heterocycles. The molecule has 0 saturated carbocycles. The fourth-order valence-electron chi connectivity index (χ4n) is 1.24. The maximum Gasteiger partial charge on any atom is 0.129 e. The van der Waals surface area contributed by atoms with Crippen LogP contribution in [0.25, 0.3) is 0 Å².